The summed E-state index contributed by atoms with van der Waals surface area (Å²) in [6, 6.07) is -0.177. The number of carbonyl (C=O) groups excluding carboxylic acids is 2. The van der Waals surface area contributed by atoms with Crippen LogP contribution in [-0.4, -0.2) is 82.4 Å². The van der Waals surface area contributed by atoms with Gasteiger partial charge >= 0.3 is 5.97 Å². The van der Waals surface area contributed by atoms with Crippen LogP contribution in [0.25, 0.3) is 0 Å². The summed E-state index contributed by atoms with van der Waals surface area (Å²) < 4.78 is 0. The number of rotatable bonds is 4. The Balaban J connectivity index is 1.57. The predicted molar refractivity (Wildman–Crippen MR) is 68.9 cm³/mol. The third kappa shape index (κ3) is 2.55. The van der Waals surface area contributed by atoms with Gasteiger partial charge in [0.25, 0.3) is 0 Å². The van der Waals surface area contributed by atoms with Gasteiger partial charge in [0, 0.05) is 32.2 Å². The van der Waals surface area contributed by atoms with Crippen LogP contribution in [0.15, 0.2) is 0 Å². The van der Waals surface area contributed by atoms with E-state index in [4.69, 9.17) is 5.11 Å². The number of imide groups is 1. The number of carbonyl (C=O) groups is 3. The quantitative estimate of drug-likeness (QED) is 0.664. The monoisotopic (exact) mass is 281 g/mol. The van der Waals surface area contributed by atoms with E-state index in [1.807, 2.05) is 9.80 Å². The van der Waals surface area contributed by atoms with E-state index in [0.717, 1.165) is 12.8 Å². The van der Waals surface area contributed by atoms with Crippen molar-refractivity contribution in [1.82, 2.24) is 14.7 Å². The van der Waals surface area contributed by atoms with Crippen LogP contribution in [-0.2, 0) is 14.4 Å². The summed E-state index contributed by atoms with van der Waals surface area (Å²) in [5.41, 5.74) is 0. The fraction of sp³-hybridized carbons (Fsp3) is 0.769. The van der Waals surface area contributed by atoms with Crippen molar-refractivity contribution in [2.45, 2.75) is 31.3 Å². The van der Waals surface area contributed by atoms with Crippen molar-refractivity contribution in [3.05, 3.63) is 0 Å². The zero-order valence-corrected chi connectivity index (χ0v) is 11.3. The minimum Gasteiger partial charge on any atom is -0.480 e. The second kappa shape index (κ2) is 5.14. The number of hydrogen-bond donors (Lipinski definition) is 1. The molecule has 7 heteroatoms. The molecule has 0 bridgehead atoms. The van der Waals surface area contributed by atoms with Crippen LogP contribution >= 0.6 is 0 Å². The Morgan fingerprint density at radius 3 is 2.35 bits per heavy atom. The van der Waals surface area contributed by atoms with Gasteiger partial charge in [-0.05, 0) is 12.8 Å². The molecular formula is C13H19N3O4. The summed E-state index contributed by atoms with van der Waals surface area (Å²) in [6.45, 7) is 2.60. The van der Waals surface area contributed by atoms with Gasteiger partial charge in [-0.15, -0.1) is 0 Å². The SMILES string of the molecule is O=C(O)CN1CCN(C2CC(=O)N(C3CC3)C2=O)CC1. The van der Waals surface area contributed by atoms with Crippen LogP contribution < -0.4 is 0 Å². The van der Waals surface area contributed by atoms with Crippen LogP contribution in [0.5, 0.6) is 0 Å². The first kappa shape index (κ1) is 13.5. The van der Waals surface area contributed by atoms with Crippen molar-refractivity contribution in [3.63, 3.8) is 0 Å². The van der Waals surface area contributed by atoms with Crippen molar-refractivity contribution in [2.75, 3.05) is 32.7 Å². The molecule has 1 unspecified atom stereocenters. The number of aliphatic carboxylic acids is 1. The molecule has 1 N–H and O–H groups in total. The molecule has 0 aromatic carbocycles. The number of likely N-dealkylation sites (tertiary alicyclic amines) is 1. The molecule has 3 rings (SSSR count). The number of nitrogens with zero attached hydrogens (tertiary/aromatic N) is 3. The lowest BCUT2D eigenvalue weighted by Gasteiger charge is -2.36. The molecule has 2 aliphatic heterocycles. The maximum Gasteiger partial charge on any atom is 0.317 e. The molecule has 0 aromatic rings. The van der Waals surface area contributed by atoms with E-state index in [-0.39, 0.29) is 36.9 Å². The number of carboxylic acids is 1. The molecular weight excluding hydrogens is 262 g/mol. The summed E-state index contributed by atoms with van der Waals surface area (Å²) in [5, 5.41) is 8.76. The van der Waals surface area contributed by atoms with Crippen molar-refractivity contribution in [3.8, 4) is 0 Å². The van der Waals surface area contributed by atoms with E-state index in [0.29, 0.717) is 26.2 Å². The molecule has 3 fully saturated rings. The van der Waals surface area contributed by atoms with Gasteiger partial charge < -0.3 is 5.11 Å². The van der Waals surface area contributed by atoms with Gasteiger partial charge in [0.1, 0.15) is 0 Å². The summed E-state index contributed by atoms with van der Waals surface area (Å²) >= 11 is 0. The van der Waals surface area contributed by atoms with E-state index in [1.165, 1.54) is 4.90 Å². The largest absolute Gasteiger partial charge is 0.480 e. The normalized spacial score (nSPS) is 29.2. The fourth-order valence-electron chi connectivity index (χ4n) is 3.06. The minimum absolute atomic E-state index is 0.0413. The van der Waals surface area contributed by atoms with Crippen LogP contribution in [0.3, 0.4) is 0 Å². The number of piperazine rings is 1. The van der Waals surface area contributed by atoms with Gasteiger partial charge in [-0.2, -0.15) is 0 Å². The highest BCUT2D eigenvalue weighted by atomic mass is 16.4. The molecule has 20 heavy (non-hydrogen) atoms. The molecule has 1 saturated carbocycles. The lowest BCUT2D eigenvalue weighted by Crippen LogP contribution is -2.53. The summed E-state index contributed by atoms with van der Waals surface area (Å²) in [4.78, 5) is 40.2. The van der Waals surface area contributed by atoms with E-state index in [1.54, 1.807) is 0 Å². The van der Waals surface area contributed by atoms with Gasteiger partial charge in [-0.3, -0.25) is 29.1 Å². The molecule has 1 atom stereocenters. The Morgan fingerprint density at radius 2 is 1.80 bits per heavy atom. The highest BCUT2D eigenvalue weighted by molar-refractivity contribution is 6.06. The lowest BCUT2D eigenvalue weighted by atomic mass is 10.1. The molecule has 0 aromatic heterocycles. The van der Waals surface area contributed by atoms with Gasteiger partial charge in [0.2, 0.25) is 11.8 Å². The first-order valence-corrected chi connectivity index (χ1v) is 7.10. The summed E-state index contributed by atoms with van der Waals surface area (Å²) in [7, 11) is 0. The first-order valence-electron chi connectivity index (χ1n) is 7.10. The molecule has 3 aliphatic rings. The lowest BCUT2D eigenvalue weighted by molar-refractivity contribution is -0.142. The molecule has 1 aliphatic carbocycles. The maximum absolute atomic E-state index is 12.3. The smallest absolute Gasteiger partial charge is 0.317 e. The number of amides is 2. The van der Waals surface area contributed by atoms with Gasteiger partial charge in [0.05, 0.1) is 19.0 Å². The Kier molecular flexibility index (Phi) is 3.47. The summed E-state index contributed by atoms with van der Waals surface area (Å²) in [5.74, 6) is -0.926. The van der Waals surface area contributed by atoms with E-state index in [2.05, 4.69) is 0 Å². The fourth-order valence-corrected chi connectivity index (χ4v) is 3.06. The molecule has 7 nitrogen and oxygen atoms in total. The third-order valence-electron chi connectivity index (χ3n) is 4.28. The highest BCUT2D eigenvalue weighted by Gasteiger charge is 2.48. The topological polar surface area (TPSA) is 81.2 Å². The minimum atomic E-state index is -0.828. The van der Waals surface area contributed by atoms with Crippen LogP contribution in [0, 0.1) is 0 Å². The molecule has 2 saturated heterocycles. The Bertz CT molecular complexity index is 441. The molecule has 2 amide bonds. The average molecular weight is 281 g/mol. The Hall–Kier alpha value is -1.47. The third-order valence-corrected chi connectivity index (χ3v) is 4.28. The standard InChI is InChI=1S/C13H19N3O4/c17-11-7-10(13(20)16(11)9-1-2-9)15-5-3-14(4-6-15)8-12(18)19/h9-10H,1-8H2,(H,18,19). The molecule has 0 spiro atoms. The van der Waals surface area contributed by atoms with Crippen LogP contribution in [0.1, 0.15) is 19.3 Å². The summed E-state index contributed by atoms with van der Waals surface area (Å²) in [6.07, 6.45) is 2.17. The molecule has 110 valence electrons. The molecule has 0 radical (unpaired) electrons. The second-order valence-corrected chi connectivity index (χ2v) is 5.76. The van der Waals surface area contributed by atoms with Gasteiger partial charge in [0.15, 0.2) is 0 Å². The first-order chi connectivity index (χ1) is 9.56. The maximum atomic E-state index is 12.3. The second-order valence-electron chi connectivity index (χ2n) is 5.76. The van der Waals surface area contributed by atoms with Gasteiger partial charge in [-0.25, -0.2) is 0 Å². The van der Waals surface area contributed by atoms with E-state index >= 15 is 0 Å². The number of hydrogen-bond acceptors (Lipinski definition) is 5. The van der Waals surface area contributed by atoms with Crippen molar-refractivity contribution in [2.24, 2.45) is 0 Å². The van der Waals surface area contributed by atoms with Crippen LogP contribution in [0.4, 0.5) is 0 Å². The van der Waals surface area contributed by atoms with E-state index in [9.17, 15) is 14.4 Å². The molecule has 2 heterocycles. The predicted octanol–water partition coefficient (Wildman–Crippen LogP) is -1.02. The Morgan fingerprint density at radius 1 is 1.15 bits per heavy atom. The van der Waals surface area contributed by atoms with E-state index < -0.39 is 5.97 Å². The highest BCUT2D eigenvalue weighted by Crippen LogP contribution is 2.33. The van der Waals surface area contributed by atoms with Crippen molar-refractivity contribution in [1.29, 1.82) is 0 Å². The zero-order valence-electron chi connectivity index (χ0n) is 11.3. The van der Waals surface area contributed by atoms with Crippen molar-refractivity contribution < 1.29 is 19.5 Å². The van der Waals surface area contributed by atoms with Gasteiger partial charge in [-0.1, -0.05) is 0 Å². The average Bonchev–Trinajstić information content (AvgIpc) is 3.17. The Labute approximate surface area is 117 Å². The van der Waals surface area contributed by atoms with Crippen molar-refractivity contribution >= 4 is 17.8 Å². The zero-order chi connectivity index (χ0) is 14.3. The van der Waals surface area contributed by atoms with Crippen LogP contribution in [0.2, 0.25) is 0 Å². The number of carboxylic acid groups (broad SMARTS) is 1.